The van der Waals surface area contributed by atoms with E-state index >= 15 is 0 Å². The molecule has 0 aromatic carbocycles. The number of unbranched alkanes of at least 4 members (excludes halogenated alkanes) is 39. The van der Waals surface area contributed by atoms with Crippen LogP contribution in [0.3, 0.4) is 0 Å². The lowest BCUT2D eigenvalue weighted by Gasteiger charge is -2.18. The summed E-state index contributed by atoms with van der Waals surface area (Å²) < 4.78 is 17.0. The maximum Gasteiger partial charge on any atom is 0.306 e. The van der Waals surface area contributed by atoms with Crippen molar-refractivity contribution in [3.05, 3.63) is 85.1 Å². The van der Waals surface area contributed by atoms with Crippen LogP contribution in [0.15, 0.2) is 85.1 Å². The summed E-state index contributed by atoms with van der Waals surface area (Å²) in [5.41, 5.74) is 0. The van der Waals surface area contributed by atoms with Gasteiger partial charge in [-0.15, -0.1) is 0 Å². The second kappa shape index (κ2) is 69.1. The lowest BCUT2D eigenvalue weighted by Crippen LogP contribution is -2.30. The van der Waals surface area contributed by atoms with E-state index in [1.165, 1.54) is 212 Å². The molecule has 0 aromatic heterocycles. The summed E-state index contributed by atoms with van der Waals surface area (Å²) in [7, 11) is 0. The Balaban J connectivity index is 4.23. The van der Waals surface area contributed by atoms with E-state index in [-0.39, 0.29) is 31.1 Å². The third kappa shape index (κ3) is 67.3. The molecule has 0 amide bonds. The van der Waals surface area contributed by atoms with Crippen LogP contribution in [0.1, 0.15) is 355 Å². The average molecular weight is 1130 g/mol. The Labute approximate surface area is 503 Å². The van der Waals surface area contributed by atoms with Crippen molar-refractivity contribution in [3.8, 4) is 0 Å². The summed E-state index contributed by atoms with van der Waals surface area (Å²) in [4.78, 5) is 38.4. The van der Waals surface area contributed by atoms with Gasteiger partial charge in [-0.1, -0.05) is 324 Å². The normalized spacial score (nSPS) is 12.6. The molecule has 0 aromatic rings. The Morgan fingerprint density at radius 3 is 0.778 bits per heavy atom. The van der Waals surface area contributed by atoms with Crippen LogP contribution < -0.4 is 0 Å². The van der Waals surface area contributed by atoms with Crippen LogP contribution in [0.4, 0.5) is 0 Å². The number of allylic oxidation sites excluding steroid dienone is 14. The van der Waals surface area contributed by atoms with Crippen LogP contribution in [-0.4, -0.2) is 37.2 Å². The lowest BCUT2D eigenvalue weighted by atomic mass is 10.0. The molecule has 0 aliphatic heterocycles. The van der Waals surface area contributed by atoms with Crippen molar-refractivity contribution < 1.29 is 28.6 Å². The van der Waals surface area contributed by atoms with Gasteiger partial charge in [0.1, 0.15) is 13.2 Å². The molecule has 0 aliphatic rings. The first kappa shape index (κ1) is 77.6. The molecule has 1 atom stereocenters. The highest BCUT2D eigenvalue weighted by Crippen LogP contribution is 2.18. The summed E-state index contributed by atoms with van der Waals surface area (Å²) in [6.45, 7) is 6.55. The van der Waals surface area contributed by atoms with Gasteiger partial charge in [0.15, 0.2) is 6.10 Å². The number of carbonyl (C=O) groups is 3. The van der Waals surface area contributed by atoms with Crippen LogP contribution in [0.5, 0.6) is 0 Å². The summed E-state index contributed by atoms with van der Waals surface area (Å²) in [6.07, 6.45) is 91.8. The zero-order valence-electron chi connectivity index (χ0n) is 53.8. The zero-order valence-corrected chi connectivity index (χ0v) is 53.8. The van der Waals surface area contributed by atoms with Crippen LogP contribution in [0.25, 0.3) is 0 Å². The van der Waals surface area contributed by atoms with E-state index in [0.29, 0.717) is 19.3 Å². The van der Waals surface area contributed by atoms with Gasteiger partial charge in [0.25, 0.3) is 0 Å². The van der Waals surface area contributed by atoms with Crippen molar-refractivity contribution in [2.45, 2.75) is 361 Å². The smallest absolute Gasteiger partial charge is 0.306 e. The highest BCUT2D eigenvalue weighted by Gasteiger charge is 2.19. The number of hydrogen-bond donors (Lipinski definition) is 0. The van der Waals surface area contributed by atoms with Gasteiger partial charge in [0.2, 0.25) is 0 Å². The topological polar surface area (TPSA) is 78.9 Å². The van der Waals surface area contributed by atoms with E-state index in [9.17, 15) is 14.4 Å². The molecular weight excluding hydrogens is 997 g/mol. The molecular formula is C75H132O6. The average Bonchev–Trinajstić information content (AvgIpc) is 3.46. The van der Waals surface area contributed by atoms with Crippen LogP contribution in [0, 0.1) is 0 Å². The van der Waals surface area contributed by atoms with Crippen LogP contribution in [0.2, 0.25) is 0 Å². The van der Waals surface area contributed by atoms with Crippen molar-refractivity contribution in [1.82, 2.24) is 0 Å². The Morgan fingerprint density at radius 2 is 0.481 bits per heavy atom. The SMILES string of the molecule is CC/C=C\C/C=C\C/C=C\C/C=C\C/C=C\C/C=C\CCCCCCCCCCCCCCC(=O)OCC(COC(=O)CCCCCCC/C=C\CCCCCC)OC(=O)CCCCCCCCCCCCCCCCCCCCC. The van der Waals surface area contributed by atoms with Crippen LogP contribution in [-0.2, 0) is 28.6 Å². The highest BCUT2D eigenvalue weighted by molar-refractivity contribution is 5.71. The van der Waals surface area contributed by atoms with Crippen molar-refractivity contribution in [2.75, 3.05) is 13.2 Å². The minimum absolute atomic E-state index is 0.0757. The fourth-order valence-corrected chi connectivity index (χ4v) is 10.2. The molecule has 0 saturated heterocycles. The summed E-state index contributed by atoms with van der Waals surface area (Å²) in [6, 6.07) is 0. The Bertz CT molecular complexity index is 1530. The van der Waals surface area contributed by atoms with E-state index < -0.39 is 6.10 Å². The molecule has 0 N–H and O–H groups in total. The molecule has 0 aliphatic carbocycles. The zero-order chi connectivity index (χ0) is 58.5. The van der Waals surface area contributed by atoms with Crippen molar-refractivity contribution >= 4 is 17.9 Å². The highest BCUT2D eigenvalue weighted by atomic mass is 16.6. The predicted octanol–water partition coefficient (Wildman–Crippen LogP) is 24.2. The maximum atomic E-state index is 12.9. The van der Waals surface area contributed by atoms with E-state index in [0.717, 1.165) is 103 Å². The first-order chi connectivity index (χ1) is 40.0. The van der Waals surface area contributed by atoms with Gasteiger partial charge in [0, 0.05) is 19.3 Å². The number of esters is 3. The lowest BCUT2D eigenvalue weighted by molar-refractivity contribution is -0.167. The molecule has 1 unspecified atom stereocenters. The monoisotopic (exact) mass is 1130 g/mol. The number of carbonyl (C=O) groups excluding carboxylic acids is 3. The Kier molecular flexibility index (Phi) is 66.2. The summed E-state index contributed by atoms with van der Waals surface area (Å²) in [5, 5.41) is 0. The molecule has 0 heterocycles. The van der Waals surface area contributed by atoms with Crippen molar-refractivity contribution in [3.63, 3.8) is 0 Å². The maximum absolute atomic E-state index is 12.9. The van der Waals surface area contributed by atoms with Crippen LogP contribution >= 0.6 is 0 Å². The molecule has 0 fully saturated rings. The van der Waals surface area contributed by atoms with Gasteiger partial charge < -0.3 is 14.2 Å². The van der Waals surface area contributed by atoms with E-state index in [4.69, 9.17) is 14.2 Å². The minimum atomic E-state index is -0.779. The van der Waals surface area contributed by atoms with E-state index in [2.05, 4.69) is 106 Å². The largest absolute Gasteiger partial charge is 0.462 e. The molecule has 0 saturated carbocycles. The molecule has 6 heteroatoms. The third-order valence-electron chi connectivity index (χ3n) is 15.4. The molecule has 0 radical (unpaired) electrons. The molecule has 81 heavy (non-hydrogen) atoms. The van der Waals surface area contributed by atoms with E-state index in [1.54, 1.807) is 0 Å². The molecule has 0 rings (SSSR count). The van der Waals surface area contributed by atoms with Gasteiger partial charge in [-0.3, -0.25) is 14.4 Å². The van der Waals surface area contributed by atoms with Crippen molar-refractivity contribution in [2.24, 2.45) is 0 Å². The third-order valence-corrected chi connectivity index (χ3v) is 15.4. The van der Waals surface area contributed by atoms with Crippen molar-refractivity contribution in [1.29, 1.82) is 0 Å². The number of ether oxygens (including phenoxy) is 3. The van der Waals surface area contributed by atoms with Gasteiger partial charge in [-0.2, -0.15) is 0 Å². The minimum Gasteiger partial charge on any atom is -0.462 e. The first-order valence-electron chi connectivity index (χ1n) is 35.1. The summed E-state index contributed by atoms with van der Waals surface area (Å²) in [5.74, 6) is -0.866. The standard InChI is InChI=1S/C75H132O6/c1-4-7-10-13-16-19-22-25-27-29-31-32-33-34-35-36-37-38-39-40-41-42-44-45-47-50-53-56-59-62-65-68-74(77)80-71-72(70-79-73(76)67-64-61-58-55-52-49-24-21-18-15-12-9-6-3)81-75(78)69-66-63-60-57-54-51-48-46-43-30-28-26-23-20-17-14-11-8-5-2/h7,10,16,19,21,24-25,27,31-32,34-35,37-38,72H,4-6,8-9,11-15,17-18,20,22-23,26,28-30,33,36,39-71H2,1-3H3/b10-7-,19-16-,24-21-,27-25-,32-31-,35-34-,38-37-. The van der Waals surface area contributed by atoms with Gasteiger partial charge in [-0.05, 0) is 96.3 Å². The Hall–Kier alpha value is -3.41. The summed E-state index contributed by atoms with van der Waals surface area (Å²) >= 11 is 0. The van der Waals surface area contributed by atoms with Gasteiger partial charge in [0.05, 0.1) is 0 Å². The Morgan fingerprint density at radius 1 is 0.259 bits per heavy atom. The molecule has 0 spiro atoms. The number of rotatable bonds is 64. The molecule has 0 bridgehead atoms. The second-order valence-electron chi connectivity index (χ2n) is 23.4. The molecule has 468 valence electrons. The first-order valence-corrected chi connectivity index (χ1v) is 35.1. The quantitative estimate of drug-likeness (QED) is 0.0261. The molecule has 6 nitrogen and oxygen atoms in total. The second-order valence-corrected chi connectivity index (χ2v) is 23.4. The predicted molar refractivity (Wildman–Crippen MR) is 353 cm³/mol. The van der Waals surface area contributed by atoms with Gasteiger partial charge in [-0.25, -0.2) is 0 Å². The van der Waals surface area contributed by atoms with Gasteiger partial charge >= 0.3 is 17.9 Å². The van der Waals surface area contributed by atoms with E-state index in [1.807, 2.05) is 0 Å². The number of hydrogen-bond acceptors (Lipinski definition) is 6. The fourth-order valence-electron chi connectivity index (χ4n) is 10.2. The fraction of sp³-hybridized carbons (Fsp3) is 0.773.